The number of imidazole rings is 2. The van der Waals surface area contributed by atoms with Crippen LogP contribution in [0.3, 0.4) is 0 Å². The van der Waals surface area contributed by atoms with Gasteiger partial charge in [0.25, 0.3) is 0 Å². The molecule has 6 aliphatic rings. The second-order valence-corrected chi connectivity index (χ2v) is 20.4. The molecule has 4 aliphatic heterocycles. The predicted octanol–water partition coefficient (Wildman–Crippen LogP) is 8.47. The zero-order valence-corrected chi connectivity index (χ0v) is 40.1. The van der Waals surface area contributed by atoms with Crippen LogP contribution in [-0.2, 0) is 28.5 Å². The number of fused-ring (bicyclic) bond motifs is 3. The third-order valence-electron chi connectivity index (χ3n) is 16.6. The molecule has 11 rings (SSSR count). The highest BCUT2D eigenvalue weighted by Gasteiger charge is 2.52. The number of amides is 4. The molecule has 0 radical (unpaired) electrons. The number of H-pyrrole nitrogens is 2. The van der Waals surface area contributed by atoms with E-state index in [9.17, 15) is 19.2 Å². The Hall–Kier alpha value is -6.26. The highest BCUT2D eigenvalue weighted by atomic mass is 16.5. The van der Waals surface area contributed by atoms with Crippen LogP contribution in [0.25, 0.3) is 44.4 Å². The first-order valence-corrected chi connectivity index (χ1v) is 25.5. The van der Waals surface area contributed by atoms with Gasteiger partial charge in [-0.1, -0.05) is 61.4 Å². The number of hydrogen-bond donors (Lipinski definition) is 4. The first-order chi connectivity index (χ1) is 34.2. The van der Waals surface area contributed by atoms with Crippen molar-refractivity contribution < 1.29 is 38.1 Å². The molecule has 2 aromatic heterocycles. The number of carbonyl (C=O) groups excluding carboxylic acids is 4. The summed E-state index contributed by atoms with van der Waals surface area (Å²) in [5.74, 6) is 2.16. The van der Waals surface area contributed by atoms with E-state index >= 15 is 0 Å². The van der Waals surface area contributed by atoms with Crippen LogP contribution in [0, 0.1) is 23.7 Å². The van der Waals surface area contributed by atoms with Crippen molar-refractivity contribution >= 4 is 34.8 Å². The Labute approximate surface area is 408 Å². The minimum absolute atomic E-state index is 0.0284. The minimum atomic E-state index is -0.685. The Bertz CT molecular complexity index is 2710. The highest BCUT2D eigenvalue weighted by Crippen LogP contribution is 2.49. The van der Waals surface area contributed by atoms with E-state index in [0.29, 0.717) is 63.9 Å². The molecule has 2 saturated carbocycles. The van der Waals surface area contributed by atoms with Crippen molar-refractivity contribution in [3.05, 3.63) is 84.7 Å². The maximum atomic E-state index is 14.6. The number of carbonyl (C=O) groups is 4. The zero-order chi connectivity index (χ0) is 47.9. The van der Waals surface area contributed by atoms with E-state index in [1.807, 2.05) is 22.2 Å². The van der Waals surface area contributed by atoms with Gasteiger partial charge in [-0.15, -0.1) is 0 Å². The molecule has 4 N–H and O–H groups in total. The third-order valence-corrected chi connectivity index (χ3v) is 16.6. The Morgan fingerprint density at radius 3 is 1.49 bits per heavy atom. The lowest BCUT2D eigenvalue weighted by Gasteiger charge is -2.36. The number of methoxy groups -OCH3 is 2. The van der Waals surface area contributed by atoms with Gasteiger partial charge < -0.3 is 49.3 Å². The average Bonchev–Trinajstić information content (AvgIpc) is 4.28. The van der Waals surface area contributed by atoms with Gasteiger partial charge in [-0.3, -0.25) is 9.59 Å². The molecule has 0 unspecified atom stereocenters. The Kier molecular flexibility index (Phi) is 13.1. The summed E-state index contributed by atoms with van der Waals surface area (Å²) in [5, 5.41) is 8.02. The van der Waals surface area contributed by atoms with Crippen LogP contribution >= 0.6 is 0 Å². The summed E-state index contributed by atoms with van der Waals surface area (Å²) < 4.78 is 21.2. The van der Waals surface area contributed by atoms with E-state index in [0.717, 1.165) is 107 Å². The van der Waals surface area contributed by atoms with E-state index in [-0.39, 0.29) is 47.8 Å². The van der Waals surface area contributed by atoms with Crippen molar-refractivity contribution in [2.45, 2.75) is 113 Å². The van der Waals surface area contributed by atoms with Gasteiger partial charge in [-0.05, 0) is 127 Å². The topological polar surface area (TPSA) is 193 Å². The van der Waals surface area contributed by atoms with Crippen LogP contribution in [0.1, 0.15) is 101 Å². The zero-order valence-electron chi connectivity index (χ0n) is 40.1. The van der Waals surface area contributed by atoms with Gasteiger partial charge in [0.2, 0.25) is 11.8 Å². The number of rotatable bonds is 11. The molecule has 8 atom stereocenters. The fourth-order valence-electron chi connectivity index (χ4n) is 13.0. The van der Waals surface area contributed by atoms with E-state index < -0.39 is 24.3 Å². The Morgan fingerprint density at radius 1 is 0.571 bits per heavy atom. The molecule has 3 aromatic carbocycles. The van der Waals surface area contributed by atoms with Gasteiger partial charge in [-0.2, -0.15) is 0 Å². The number of aromatic nitrogens is 4. The van der Waals surface area contributed by atoms with Crippen LogP contribution in [0.15, 0.2) is 73.1 Å². The van der Waals surface area contributed by atoms with Crippen molar-refractivity contribution in [2.75, 3.05) is 40.6 Å². The summed E-state index contributed by atoms with van der Waals surface area (Å²) in [7, 11) is 2.67. The Balaban J connectivity index is 0.786. The smallest absolute Gasteiger partial charge is 0.407 e. The van der Waals surface area contributed by atoms with Gasteiger partial charge in [0.15, 0.2) is 0 Å². The van der Waals surface area contributed by atoms with Crippen LogP contribution in [0.5, 0.6) is 0 Å². The monoisotopic (exact) mass is 952 g/mol. The normalized spacial score (nSPS) is 25.6. The van der Waals surface area contributed by atoms with Crippen LogP contribution in [0.4, 0.5) is 9.59 Å². The summed E-state index contributed by atoms with van der Waals surface area (Å²) >= 11 is 0. The lowest BCUT2D eigenvalue weighted by atomic mass is 9.90. The van der Waals surface area contributed by atoms with Crippen molar-refractivity contribution in [1.82, 2.24) is 40.4 Å². The molecule has 0 spiro atoms. The maximum Gasteiger partial charge on any atom is 0.407 e. The first kappa shape index (κ1) is 46.1. The molecular formula is C54H64N8O8. The second-order valence-electron chi connectivity index (χ2n) is 20.4. The van der Waals surface area contributed by atoms with Crippen LogP contribution in [-0.4, -0.2) is 119 Å². The molecule has 2 aliphatic carbocycles. The molecule has 70 heavy (non-hydrogen) atoms. The Morgan fingerprint density at radius 2 is 1.00 bits per heavy atom. The molecule has 4 saturated heterocycles. The fourth-order valence-corrected chi connectivity index (χ4v) is 13.0. The van der Waals surface area contributed by atoms with Gasteiger partial charge >= 0.3 is 12.2 Å². The van der Waals surface area contributed by atoms with Gasteiger partial charge in [-0.25, -0.2) is 19.6 Å². The van der Waals surface area contributed by atoms with E-state index in [4.69, 9.17) is 28.9 Å². The quantitative estimate of drug-likeness (QED) is 0.0998. The highest BCUT2D eigenvalue weighted by molar-refractivity contribution is 5.91. The largest absolute Gasteiger partial charge is 0.453 e. The molecule has 5 aromatic rings. The molecule has 6 heterocycles. The maximum absolute atomic E-state index is 14.6. The lowest BCUT2D eigenvalue weighted by Crippen LogP contribution is -2.55. The molecule has 4 amide bonds. The van der Waals surface area contributed by atoms with E-state index in [1.54, 1.807) is 0 Å². The SMILES string of the molecule is COC(=O)N[C@H](C(=O)N1[C@H](c2ncc(-c3ccc(-c4ccc5cc(-c6cnc([C@@H]7C[C@@H]8CCC[C@@H]8N7C(=O)[C@@H](NC(=O)OC)C7CCOCC7)[nH]6)ccc5c4)cc3)[nH]2)C[C@@H]2CCC[C@@H]21)C1CCOCC1. The summed E-state index contributed by atoms with van der Waals surface area (Å²) in [6.45, 7) is 2.26. The molecule has 16 heteroatoms. The number of likely N-dealkylation sites (tertiary alicyclic amines) is 2. The van der Waals surface area contributed by atoms with Gasteiger partial charge in [0.05, 0.1) is 50.1 Å². The summed E-state index contributed by atoms with van der Waals surface area (Å²) in [6.07, 6.45) is 13.3. The van der Waals surface area contributed by atoms with Gasteiger partial charge in [0.1, 0.15) is 23.7 Å². The molecule has 0 bridgehead atoms. The van der Waals surface area contributed by atoms with E-state index in [1.165, 1.54) is 14.2 Å². The number of nitrogens with one attached hydrogen (secondary N) is 4. The van der Waals surface area contributed by atoms with Crippen molar-refractivity contribution in [3.63, 3.8) is 0 Å². The minimum Gasteiger partial charge on any atom is -0.453 e. The van der Waals surface area contributed by atoms with Crippen molar-refractivity contribution in [2.24, 2.45) is 23.7 Å². The number of benzene rings is 3. The number of ether oxygens (including phenoxy) is 4. The van der Waals surface area contributed by atoms with Crippen LogP contribution in [0.2, 0.25) is 0 Å². The van der Waals surface area contributed by atoms with Gasteiger partial charge in [0, 0.05) is 44.1 Å². The van der Waals surface area contributed by atoms with E-state index in [2.05, 4.69) is 81.3 Å². The number of nitrogens with zero attached hydrogens (tertiary/aromatic N) is 4. The summed E-state index contributed by atoms with van der Waals surface area (Å²) in [6, 6.07) is 19.9. The molecule has 368 valence electrons. The number of hydrogen-bond acceptors (Lipinski definition) is 10. The molecule has 16 nitrogen and oxygen atoms in total. The van der Waals surface area contributed by atoms with Crippen molar-refractivity contribution in [1.29, 1.82) is 0 Å². The van der Waals surface area contributed by atoms with Crippen LogP contribution < -0.4 is 10.6 Å². The average molecular weight is 953 g/mol. The molecular weight excluding hydrogens is 889 g/mol. The first-order valence-electron chi connectivity index (χ1n) is 25.5. The fraction of sp³-hybridized carbons (Fsp3) is 0.519. The predicted molar refractivity (Wildman–Crippen MR) is 261 cm³/mol. The number of aromatic amines is 2. The number of alkyl carbamates (subject to hydrolysis) is 2. The molecule has 6 fully saturated rings. The standard InChI is InChI=1S/C54H64N8O8/c1-67-53(65)59-47(33-17-21-69-22-18-33)51(63)61-43-7-3-5-39(43)27-45(61)49-55-29-41(57-49)32-11-9-31(10-12-32)35-13-14-37-26-38(16-15-36(37)25-35)42-30-56-50(58-42)46-28-40-6-4-8-44(40)62(46)52(64)48(60-54(66)68-2)34-19-23-70-24-20-34/h9-16,25-26,29-30,33-34,39-40,43-48H,3-8,17-24,27-28H2,1-2H3,(H,55,57)(H,56,58)(H,59,65)(H,60,66)/t39-,40-,43-,44-,45-,46-,47-,48-/m0/s1. The lowest BCUT2D eigenvalue weighted by molar-refractivity contribution is -0.140. The summed E-state index contributed by atoms with van der Waals surface area (Å²) in [4.78, 5) is 75.3. The third kappa shape index (κ3) is 8.93. The van der Waals surface area contributed by atoms with Crippen molar-refractivity contribution in [3.8, 4) is 33.6 Å². The second kappa shape index (κ2) is 19.9. The summed E-state index contributed by atoms with van der Waals surface area (Å²) in [5.41, 5.74) is 5.98.